The zero-order chi connectivity index (χ0) is 9.26. The fourth-order valence-electron chi connectivity index (χ4n) is 1.32. The van der Waals surface area contributed by atoms with Gasteiger partial charge in [0, 0.05) is 6.20 Å². The SMILES string of the molecule is CCc1ccc2c(C#N)cnn2c1. The Morgan fingerprint density at radius 1 is 1.54 bits per heavy atom. The highest BCUT2D eigenvalue weighted by Gasteiger charge is 2.01. The standard InChI is InChI=1S/C10H9N3/c1-2-8-3-4-10-9(5-11)6-12-13(10)7-8/h3-4,6-7H,2H2,1H3. The first kappa shape index (κ1) is 7.81. The van der Waals surface area contributed by atoms with Gasteiger partial charge in [-0.3, -0.25) is 0 Å². The highest BCUT2D eigenvalue weighted by atomic mass is 15.2. The van der Waals surface area contributed by atoms with Gasteiger partial charge in [-0.05, 0) is 18.1 Å². The van der Waals surface area contributed by atoms with E-state index in [0.717, 1.165) is 11.9 Å². The van der Waals surface area contributed by atoms with Crippen molar-refractivity contribution in [1.82, 2.24) is 9.61 Å². The average molecular weight is 171 g/mol. The van der Waals surface area contributed by atoms with Crippen molar-refractivity contribution in [3.63, 3.8) is 0 Å². The molecule has 64 valence electrons. The molecule has 0 saturated heterocycles. The molecule has 2 rings (SSSR count). The summed E-state index contributed by atoms with van der Waals surface area (Å²) >= 11 is 0. The monoisotopic (exact) mass is 171 g/mol. The summed E-state index contributed by atoms with van der Waals surface area (Å²) in [5, 5.41) is 12.8. The predicted octanol–water partition coefficient (Wildman–Crippen LogP) is 1.77. The number of pyridine rings is 1. The van der Waals surface area contributed by atoms with Gasteiger partial charge < -0.3 is 0 Å². The molecule has 0 N–H and O–H groups in total. The van der Waals surface area contributed by atoms with Crippen LogP contribution in [0.5, 0.6) is 0 Å². The zero-order valence-corrected chi connectivity index (χ0v) is 7.36. The van der Waals surface area contributed by atoms with Gasteiger partial charge in [-0.25, -0.2) is 4.52 Å². The van der Waals surface area contributed by atoms with E-state index in [9.17, 15) is 0 Å². The Kier molecular flexibility index (Phi) is 1.75. The van der Waals surface area contributed by atoms with Gasteiger partial charge in [-0.1, -0.05) is 13.0 Å². The molecule has 2 heterocycles. The van der Waals surface area contributed by atoms with E-state index >= 15 is 0 Å². The normalized spacial score (nSPS) is 10.2. The maximum Gasteiger partial charge on any atom is 0.103 e. The molecule has 13 heavy (non-hydrogen) atoms. The molecule has 0 saturated carbocycles. The van der Waals surface area contributed by atoms with Crippen LogP contribution in [0.2, 0.25) is 0 Å². The summed E-state index contributed by atoms with van der Waals surface area (Å²) in [6.07, 6.45) is 4.53. The van der Waals surface area contributed by atoms with Gasteiger partial charge >= 0.3 is 0 Å². The molecule has 0 atom stereocenters. The van der Waals surface area contributed by atoms with Gasteiger partial charge in [0.15, 0.2) is 0 Å². The van der Waals surface area contributed by atoms with Crippen molar-refractivity contribution in [2.24, 2.45) is 0 Å². The first-order chi connectivity index (χ1) is 6.35. The molecule has 0 aliphatic carbocycles. The van der Waals surface area contributed by atoms with Crippen LogP contribution in [0.3, 0.4) is 0 Å². The quantitative estimate of drug-likeness (QED) is 0.656. The van der Waals surface area contributed by atoms with Crippen molar-refractivity contribution < 1.29 is 0 Å². The lowest BCUT2D eigenvalue weighted by Gasteiger charge is -1.97. The second kappa shape index (κ2) is 2.91. The molecule has 0 fully saturated rings. The lowest BCUT2D eigenvalue weighted by molar-refractivity contribution is 0.936. The van der Waals surface area contributed by atoms with Gasteiger partial charge in [0.25, 0.3) is 0 Å². The molecular weight excluding hydrogens is 162 g/mol. The Hall–Kier alpha value is -1.82. The van der Waals surface area contributed by atoms with Gasteiger partial charge in [0.05, 0.1) is 17.3 Å². The Morgan fingerprint density at radius 2 is 2.38 bits per heavy atom. The summed E-state index contributed by atoms with van der Waals surface area (Å²) in [6.45, 7) is 2.09. The average Bonchev–Trinajstić information content (AvgIpc) is 2.59. The van der Waals surface area contributed by atoms with E-state index in [0.29, 0.717) is 5.56 Å². The number of rotatable bonds is 1. The number of aryl methyl sites for hydroxylation is 1. The summed E-state index contributed by atoms with van der Waals surface area (Å²) in [6, 6.07) is 6.06. The fraction of sp³-hybridized carbons (Fsp3) is 0.200. The molecular formula is C10H9N3. The van der Waals surface area contributed by atoms with E-state index < -0.39 is 0 Å². The summed E-state index contributed by atoms with van der Waals surface area (Å²) in [7, 11) is 0. The third-order valence-electron chi connectivity index (χ3n) is 2.11. The Labute approximate surface area is 76.2 Å². The minimum Gasteiger partial charge on any atom is -0.239 e. The van der Waals surface area contributed by atoms with E-state index in [1.54, 1.807) is 10.7 Å². The van der Waals surface area contributed by atoms with Gasteiger partial charge in [0.2, 0.25) is 0 Å². The molecule has 0 aliphatic rings. The number of hydrogen-bond donors (Lipinski definition) is 0. The smallest absolute Gasteiger partial charge is 0.103 e. The van der Waals surface area contributed by atoms with E-state index in [1.807, 2.05) is 18.3 Å². The fourth-order valence-corrected chi connectivity index (χ4v) is 1.32. The summed E-state index contributed by atoms with van der Waals surface area (Å²) < 4.78 is 1.75. The summed E-state index contributed by atoms with van der Waals surface area (Å²) in [5.74, 6) is 0. The number of aromatic nitrogens is 2. The molecule has 3 nitrogen and oxygen atoms in total. The van der Waals surface area contributed by atoms with Crippen LogP contribution in [0.4, 0.5) is 0 Å². The molecule has 0 amide bonds. The van der Waals surface area contributed by atoms with Crippen molar-refractivity contribution in [3.8, 4) is 6.07 Å². The summed E-state index contributed by atoms with van der Waals surface area (Å²) in [5.41, 5.74) is 2.72. The van der Waals surface area contributed by atoms with E-state index in [4.69, 9.17) is 5.26 Å². The van der Waals surface area contributed by atoms with Crippen LogP contribution in [-0.4, -0.2) is 9.61 Å². The van der Waals surface area contributed by atoms with E-state index in [2.05, 4.69) is 18.1 Å². The maximum atomic E-state index is 8.75. The van der Waals surface area contributed by atoms with E-state index in [-0.39, 0.29) is 0 Å². The van der Waals surface area contributed by atoms with Gasteiger partial charge in [-0.15, -0.1) is 0 Å². The van der Waals surface area contributed by atoms with Gasteiger partial charge in [0.1, 0.15) is 6.07 Å². The highest BCUT2D eigenvalue weighted by molar-refractivity contribution is 5.59. The van der Waals surface area contributed by atoms with Crippen LogP contribution >= 0.6 is 0 Å². The molecule has 2 aromatic rings. The second-order valence-corrected chi connectivity index (χ2v) is 2.89. The van der Waals surface area contributed by atoms with Crippen LogP contribution < -0.4 is 0 Å². The number of hydrogen-bond acceptors (Lipinski definition) is 2. The predicted molar refractivity (Wildman–Crippen MR) is 49.3 cm³/mol. The molecule has 3 heteroatoms. The molecule has 0 bridgehead atoms. The third-order valence-corrected chi connectivity index (χ3v) is 2.11. The molecule has 0 aromatic carbocycles. The van der Waals surface area contributed by atoms with Crippen LogP contribution in [-0.2, 0) is 6.42 Å². The van der Waals surface area contributed by atoms with Crippen molar-refractivity contribution in [3.05, 3.63) is 35.7 Å². The number of fused-ring (bicyclic) bond motifs is 1. The van der Waals surface area contributed by atoms with E-state index in [1.165, 1.54) is 5.56 Å². The van der Waals surface area contributed by atoms with Crippen molar-refractivity contribution in [2.45, 2.75) is 13.3 Å². The lowest BCUT2D eigenvalue weighted by Crippen LogP contribution is -1.89. The lowest BCUT2D eigenvalue weighted by atomic mass is 10.2. The van der Waals surface area contributed by atoms with Crippen LogP contribution in [0, 0.1) is 11.3 Å². The third kappa shape index (κ3) is 1.17. The zero-order valence-electron chi connectivity index (χ0n) is 7.36. The molecule has 0 unspecified atom stereocenters. The van der Waals surface area contributed by atoms with Crippen molar-refractivity contribution in [2.75, 3.05) is 0 Å². The Balaban J connectivity index is 2.70. The number of nitriles is 1. The highest BCUT2D eigenvalue weighted by Crippen LogP contribution is 2.10. The molecule has 0 aliphatic heterocycles. The Morgan fingerprint density at radius 3 is 3.08 bits per heavy atom. The van der Waals surface area contributed by atoms with Gasteiger partial charge in [-0.2, -0.15) is 10.4 Å². The minimum absolute atomic E-state index is 0.627. The molecule has 2 aromatic heterocycles. The van der Waals surface area contributed by atoms with Crippen molar-refractivity contribution >= 4 is 5.52 Å². The molecule has 0 spiro atoms. The topological polar surface area (TPSA) is 41.1 Å². The summed E-state index contributed by atoms with van der Waals surface area (Å²) in [4.78, 5) is 0. The van der Waals surface area contributed by atoms with Crippen LogP contribution in [0.1, 0.15) is 18.1 Å². The van der Waals surface area contributed by atoms with Crippen molar-refractivity contribution in [1.29, 1.82) is 5.26 Å². The first-order valence-electron chi connectivity index (χ1n) is 4.21. The minimum atomic E-state index is 0.627. The molecule has 0 radical (unpaired) electrons. The largest absolute Gasteiger partial charge is 0.239 e. The first-order valence-corrected chi connectivity index (χ1v) is 4.21. The second-order valence-electron chi connectivity index (χ2n) is 2.89. The van der Waals surface area contributed by atoms with Crippen LogP contribution in [0.15, 0.2) is 24.5 Å². The number of nitrogens with zero attached hydrogens (tertiary/aromatic N) is 3. The van der Waals surface area contributed by atoms with Crippen LogP contribution in [0.25, 0.3) is 5.52 Å². The maximum absolute atomic E-state index is 8.75. The Bertz CT molecular complexity index is 476.